The van der Waals surface area contributed by atoms with E-state index in [4.69, 9.17) is 4.74 Å². The van der Waals surface area contributed by atoms with Crippen LogP contribution in [0, 0.1) is 0 Å². The molecule has 2 aliphatic heterocycles. The lowest BCUT2D eigenvalue weighted by Crippen LogP contribution is -2.61. The van der Waals surface area contributed by atoms with E-state index in [1.165, 1.54) is 16.8 Å². The fraction of sp³-hybridized carbons (Fsp3) is 0.278. The molecular weight excluding hydrogens is 246 g/mol. The molecule has 0 saturated carbocycles. The number of hydrogen-bond acceptors (Lipinski definition) is 1. The van der Waals surface area contributed by atoms with E-state index in [2.05, 4.69) is 72.7 Å². The van der Waals surface area contributed by atoms with Gasteiger partial charge >= 0.3 is 0 Å². The van der Waals surface area contributed by atoms with Gasteiger partial charge in [-0.25, -0.2) is 4.99 Å². The molecule has 0 amide bonds. The van der Waals surface area contributed by atoms with E-state index < -0.39 is 0 Å². The maximum atomic E-state index is 6.25. The summed E-state index contributed by atoms with van der Waals surface area (Å²) < 4.78 is 6.25. The number of rotatable bonds is 1. The van der Waals surface area contributed by atoms with Crippen LogP contribution < -0.4 is 4.99 Å². The van der Waals surface area contributed by atoms with Gasteiger partial charge in [0.15, 0.2) is 6.21 Å². The second-order valence-corrected chi connectivity index (χ2v) is 5.80. The standard InChI is InChI=1S/C18H17NO/c1-17(14-7-3-2-4-8-14)18(11-12-20-17)13-19-16-10-6-5-9-15(16)18/h2-10,13H,11-12H2,1H3/p+1/t17-,18?/m1/s1. The third-order valence-electron chi connectivity index (χ3n) is 4.94. The molecule has 2 heteroatoms. The Kier molecular flexibility index (Phi) is 2.39. The van der Waals surface area contributed by atoms with Crippen molar-refractivity contribution in [1.29, 1.82) is 0 Å². The lowest BCUT2D eigenvalue weighted by molar-refractivity contribution is -0.345. The first-order valence-electron chi connectivity index (χ1n) is 7.16. The SMILES string of the molecule is C[C@]1(c2ccccc2)OCCC12C=[NH+]c1ccccc12. The normalized spacial score (nSPS) is 30.9. The fourth-order valence-corrected chi connectivity index (χ4v) is 3.76. The Labute approximate surface area is 119 Å². The Morgan fingerprint density at radius 3 is 2.60 bits per heavy atom. The molecule has 1 spiro atoms. The largest absolute Gasteiger partial charge is 0.369 e. The Balaban J connectivity index is 1.93. The number of fused-ring (bicyclic) bond motifs is 2. The highest BCUT2D eigenvalue weighted by Gasteiger charge is 2.60. The van der Waals surface area contributed by atoms with Crippen molar-refractivity contribution in [3.05, 3.63) is 65.7 Å². The van der Waals surface area contributed by atoms with Crippen LogP contribution in [0.1, 0.15) is 24.5 Å². The number of ether oxygens (including phenoxy) is 1. The molecule has 1 fully saturated rings. The average Bonchev–Trinajstić information content (AvgIpc) is 3.05. The smallest absolute Gasteiger partial charge is 0.207 e. The molecule has 2 aromatic rings. The lowest BCUT2D eigenvalue weighted by atomic mass is 9.66. The van der Waals surface area contributed by atoms with Gasteiger partial charge in [0.2, 0.25) is 5.69 Å². The Morgan fingerprint density at radius 2 is 1.75 bits per heavy atom. The van der Waals surface area contributed by atoms with E-state index in [1.54, 1.807) is 0 Å². The number of hydrogen-bond donors (Lipinski definition) is 1. The maximum absolute atomic E-state index is 6.25. The zero-order valence-corrected chi connectivity index (χ0v) is 11.6. The summed E-state index contributed by atoms with van der Waals surface area (Å²) in [6, 6.07) is 19.1. The molecule has 2 nitrogen and oxygen atoms in total. The van der Waals surface area contributed by atoms with E-state index in [1.807, 2.05) is 0 Å². The minimum absolute atomic E-state index is 0.0784. The van der Waals surface area contributed by atoms with Crippen molar-refractivity contribution in [2.45, 2.75) is 24.4 Å². The molecule has 1 saturated heterocycles. The van der Waals surface area contributed by atoms with E-state index in [0.29, 0.717) is 0 Å². The van der Waals surface area contributed by atoms with Crippen LogP contribution in [0.15, 0.2) is 54.6 Å². The van der Waals surface area contributed by atoms with Gasteiger partial charge in [0.25, 0.3) is 0 Å². The van der Waals surface area contributed by atoms with Gasteiger partial charge in [0, 0.05) is 18.2 Å². The Bertz CT molecular complexity index is 679. The minimum atomic E-state index is -0.312. The van der Waals surface area contributed by atoms with E-state index in [-0.39, 0.29) is 11.0 Å². The van der Waals surface area contributed by atoms with Gasteiger partial charge in [-0.3, -0.25) is 0 Å². The first kappa shape index (κ1) is 11.9. The molecule has 2 aliphatic rings. The Hall–Kier alpha value is -1.93. The van der Waals surface area contributed by atoms with Crippen LogP contribution in [-0.2, 0) is 15.8 Å². The van der Waals surface area contributed by atoms with Crippen LogP contribution in [0.25, 0.3) is 0 Å². The van der Waals surface area contributed by atoms with Crippen LogP contribution in [0.3, 0.4) is 0 Å². The summed E-state index contributed by atoms with van der Waals surface area (Å²) in [4.78, 5) is 3.45. The summed E-state index contributed by atoms with van der Waals surface area (Å²) in [7, 11) is 0. The molecule has 4 rings (SSSR count). The average molecular weight is 264 g/mol. The summed E-state index contributed by atoms with van der Waals surface area (Å²) in [5.74, 6) is 0. The minimum Gasteiger partial charge on any atom is -0.369 e. The van der Waals surface area contributed by atoms with Gasteiger partial charge in [-0.2, -0.15) is 0 Å². The Morgan fingerprint density at radius 1 is 1.00 bits per heavy atom. The summed E-state index contributed by atoms with van der Waals surface area (Å²) >= 11 is 0. The zero-order chi connectivity index (χ0) is 13.6. The third-order valence-corrected chi connectivity index (χ3v) is 4.94. The predicted molar refractivity (Wildman–Crippen MR) is 79.2 cm³/mol. The van der Waals surface area contributed by atoms with Crippen molar-refractivity contribution >= 4 is 11.9 Å². The molecule has 2 heterocycles. The number of benzene rings is 2. The van der Waals surface area contributed by atoms with E-state index in [9.17, 15) is 0 Å². The zero-order valence-electron chi connectivity index (χ0n) is 11.6. The molecule has 2 aromatic carbocycles. The van der Waals surface area contributed by atoms with Crippen LogP contribution >= 0.6 is 0 Å². The van der Waals surface area contributed by atoms with Crippen LogP contribution in [0.5, 0.6) is 0 Å². The highest BCUT2D eigenvalue weighted by molar-refractivity contribution is 5.80. The van der Waals surface area contributed by atoms with Crippen molar-refractivity contribution in [2.75, 3.05) is 6.61 Å². The predicted octanol–water partition coefficient (Wildman–Crippen LogP) is 2.06. The van der Waals surface area contributed by atoms with Gasteiger partial charge in [0.1, 0.15) is 11.0 Å². The van der Waals surface area contributed by atoms with Gasteiger partial charge in [-0.05, 0) is 18.9 Å². The third kappa shape index (κ3) is 1.35. The first-order valence-corrected chi connectivity index (χ1v) is 7.16. The summed E-state index contributed by atoms with van der Waals surface area (Å²) in [5.41, 5.74) is 3.41. The highest BCUT2D eigenvalue weighted by atomic mass is 16.5. The van der Waals surface area contributed by atoms with Crippen molar-refractivity contribution in [1.82, 2.24) is 0 Å². The molecule has 1 N–H and O–H groups in total. The summed E-state index contributed by atoms with van der Waals surface area (Å²) in [6.45, 7) is 3.01. The molecule has 100 valence electrons. The van der Waals surface area contributed by atoms with Gasteiger partial charge in [-0.15, -0.1) is 0 Å². The molecule has 0 aliphatic carbocycles. The summed E-state index contributed by atoms with van der Waals surface area (Å²) in [5, 5.41) is 0. The fourth-order valence-electron chi connectivity index (χ4n) is 3.76. The van der Waals surface area contributed by atoms with E-state index >= 15 is 0 Å². The lowest BCUT2D eigenvalue weighted by Gasteiger charge is -2.36. The molecule has 0 aromatic heterocycles. The second kappa shape index (κ2) is 4.03. The van der Waals surface area contributed by atoms with Crippen molar-refractivity contribution in [3.8, 4) is 0 Å². The van der Waals surface area contributed by atoms with Gasteiger partial charge in [0.05, 0.1) is 0 Å². The van der Waals surface area contributed by atoms with Gasteiger partial charge in [-0.1, -0.05) is 48.5 Å². The van der Waals surface area contributed by atoms with Crippen LogP contribution in [-0.4, -0.2) is 12.8 Å². The second-order valence-electron chi connectivity index (χ2n) is 5.80. The topological polar surface area (TPSA) is 23.2 Å². The van der Waals surface area contributed by atoms with Crippen molar-refractivity contribution in [2.24, 2.45) is 0 Å². The molecular formula is C18H18NO+. The number of nitrogens with one attached hydrogen (secondary N) is 1. The molecule has 20 heavy (non-hydrogen) atoms. The highest BCUT2D eigenvalue weighted by Crippen LogP contribution is 2.52. The maximum Gasteiger partial charge on any atom is 0.207 e. The monoisotopic (exact) mass is 264 g/mol. The van der Waals surface area contributed by atoms with Gasteiger partial charge < -0.3 is 4.74 Å². The quantitative estimate of drug-likeness (QED) is 0.837. The van der Waals surface area contributed by atoms with Crippen molar-refractivity contribution < 1.29 is 9.73 Å². The molecule has 2 atom stereocenters. The molecule has 1 unspecified atom stereocenters. The van der Waals surface area contributed by atoms with Crippen LogP contribution in [0.4, 0.5) is 5.69 Å². The van der Waals surface area contributed by atoms with E-state index in [0.717, 1.165) is 13.0 Å². The first-order chi connectivity index (χ1) is 9.76. The van der Waals surface area contributed by atoms with Crippen molar-refractivity contribution in [3.63, 3.8) is 0 Å². The number of para-hydroxylation sites is 1. The molecule has 0 radical (unpaired) electrons. The van der Waals surface area contributed by atoms with Crippen LogP contribution in [0.2, 0.25) is 0 Å². The summed E-state index contributed by atoms with van der Waals surface area (Å²) in [6.07, 6.45) is 3.25. The molecule has 0 bridgehead atoms.